The second kappa shape index (κ2) is 2.85. The van der Waals surface area contributed by atoms with Gasteiger partial charge in [0.1, 0.15) is 6.26 Å². The Morgan fingerprint density at radius 3 is 3.00 bits per heavy atom. The first-order valence-electron chi connectivity index (χ1n) is 2.63. The third kappa shape index (κ3) is 1.69. The van der Waals surface area contributed by atoms with E-state index in [1.54, 1.807) is 0 Å². The van der Waals surface area contributed by atoms with Crippen LogP contribution in [0, 0.1) is 0 Å². The van der Waals surface area contributed by atoms with Crippen LogP contribution >= 0.6 is 11.6 Å². The molecule has 0 aliphatic carbocycles. The van der Waals surface area contributed by atoms with Gasteiger partial charge < -0.3 is 10.2 Å². The number of hydrogen-bond acceptors (Lipinski definition) is 3. The fourth-order valence-electron chi connectivity index (χ4n) is 0.545. The number of nitrogens with zero attached hydrogens (tertiary/aromatic N) is 1. The quantitative estimate of drug-likeness (QED) is 0.673. The minimum absolute atomic E-state index is 0.179. The van der Waals surface area contributed by atoms with Gasteiger partial charge in [-0.2, -0.15) is 0 Å². The summed E-state index contributed by atoms with van der Waals surface area (Å²) in [6.45, 7) is 0.572. The Hall–Kier alpha value is -0.540. The van der Waals surface area contributed by atoms with Gasteiger partial charge in [0.15, 0.2) is 0 Å². The molecule has 9 heavy (non-hydrogen) atoms. The maximum Gasteiger partial charge on any atom is 0.292 e. The monoisotopic (exact) mass is 146 g/mol. The molecule has 1 heterocycles. The fraction of sp³-hybridized carbons (Fsp3) is 0.400. The van der Waals surface area contributed by atoms with Crippen molar-refractivity contribution < 1.29 is 4.42 Å². The molecule has 0 unspecified atom stereocenters. The van der Waals surface area contributed by atoms with E-state index in [-0.39, 0.29) is 5.35 Å². The van der Waals surface area contributed by atoms with Gasteiger partial charge in [-0.3, -0.25) is 0 Å². The minimum Gasteiger partial charge on any atom is -0.436 e. The van der Waals surface area contributed by atoms with Crippen molar-refractivity contribution in [3.63, 3.8) is 0 Å². The van der Waals surface area contributed by atoms with Crippen molar-refractivity contribution in [1.82, 2.24) is 4.98 Å². The molecule has 2 N–H and O–H groups in total. The van der Waals surface area contributed by atoms with Gasteiger partial charge in [-0.15, -0.1) is 0 Å². The Morgan fingerprint density at radius 1 is 1.78 bits per heavy atom. The van der Waals surface area contributed by atoms with Crippen LogP contribution in [0.3, 0.4) is 0 Å². The van der Waals surface area contributed by atoms with Crippen LogP contribution in [0.4, 0.5) is 0 Å². The summed E-state index contributed by atoms with van der Waals surface area (Å²) in [6, 6.07) is 0. The molecule has 50 valence electrons. The van der Waals surface area contributed by atoms with E-state index in [2.05, 4.69) is 4.98 Å². The second-order valence-electron chi connectivity index (χ2n) is 1.63. The first-order valence-corrected chi connectivity index (χ1v) is 3.00. The zero-order chi connectivity index (χ0) is 6.69. The zero-order valence-corrected chi connectivity index (χ0v) is 5.56. The van der Waals surface area contributed by atoms with E-state index >= 15 is 0 Å². The summed E-state index contributed by atoms with van der Waals surface area (Å²) in [4.78, 5) is 3.82. The number of rotatable bonds is 2. The molecule has 0 fully saturated rings. The van der Waals surface area contributed by atoms with E-state index in [1.165, 1.54) is 6.26 Å². The van der Waals surface area contributed by atoms with E-state index in [4.69, 9.17) is 21.8 Å². The number of halogens is 1. The van der Waals surface area contributed by atoms with Gasteiger partial charge in [0, 0.05) is 6.42 Å². The van der Waals surface area contributed by atoms with Crippen LogP contribution in [0.15, 0.2) is 10.7 Å². The topological polar surface area (TPSA) is 52.0 Å². The number of oxazole rings is 1. The van der Waals surface area contributed by atoms with Gasteiger partial charge >= 0.3 is 0 Å². The van der Waals surface area contributed by atoms with Gasteiger partial charge in [-0.25, -0.2) is 4.98 Å². The third-order valence-electron chi connectivity index (χ3n) is 0.924. The van der Waals surface area contributed by atoms with Crippen LogP contribution < -0.4 is 5.73 Å². The highest BCUT2D eigenvalue weighted by atomic mass is 35.5. The van der Waals surface area contributed by atoms with Crippen LogP contribution in [-0.4, -0.2) is 11.5 Å². The van der Waals surface area contributed by atoms with Crippen LogP contribution in [0.1, 0.15) is 5.69 Å². The predicted octanol–water partition coefficient (Wildman–Crippen LogP) is 0.829. The van der Waals surface area contributed by atoms with E-state index in [9.17, 15) is 0 Å². The van der Waals surface area contributed by atoms with Crippen molar-refractivity contribution in [1.29, 1.82) is 0 Å². The lowest BCUT2D eigenvalue weighted by atomic mass is 10.3. The van der Waals surface area contributed by atoms with Gasteiger partial charge in [0.25, 0.3) is 5.35 Å². The van der Waals surface area contributed by atoms with E-state index in [0.29, 0.717) is 6.54 Å². The van der Waals surface area contributed by atoms with Gasteiger partial charge in [0.2, 0.25) is 0 Å². The van der Waals surface area contributed by atoms with Gasteiger partial charge in [-0.05, 0) is 18.1 Å². The van der Waals surface area contributed by atoms with Crippen LogP contribution in [0.25, 0.3) is 0 Å². The van der Waals surface area contributed by atoms with Crippen molar-refractivity contribution in [2.24, 2.45) is 5.73 Å². The molecule has 0 spiro atoms. The molecule has 0 aromatic carbocycles. The highest BCUT2D eigenvalue weighted by Crippen LogP contribution is 2.06. The number of nitrogens with two attached hydrogens (primary N) is 1. The van der Waals surface area contributed by atoms with Crippen LogP contribution in [0.5, 0.6) is 0 Å². The minimum atomic E-state index is 0.179. The molecule has 1 aromatic rings. The average molecular weight is 147 g/mol. The molecular weight excluding hydrogens is 140 g/mol. The molecule has 0 atom stereocenters. The Kier molecular flexibility index (Phi) is 2.08. The van der Waals surface area contributed by atoms with Crippen molar-refractivity contribution >= 4 is 11.6 Å². The maximum absolute atomic E-state index is 5.38. The third-order valence-corrected chi connectivity index (χ3v) is 1.10. The Morgan fingerprint density at radius 2 is 2.56 bits per heavy atom. The molecule has 4 heteroatoms. The highest BCUT2D eigenvalue weighted by molar-refractivity contribution is 6.27. The van der Waals surface area contributed by atoms with E-state index in [0.717, 1.165) is 12.1 Å². The largest absolute Gasteiger partial charge is 0.436 e. The summed E-state index contributed by atoms with van der Waals surface area (Å²) in [5.41, 5.74) is 6.05. The van der Waals surface area contributed by atoms with Crippen molar-refractivity contribution in [3.8, 4) is 0 Å². The zero-order valence-electron chi connectivity index (χ0n) is 4.80. The molecule has 1 rings (SSSR count). The standard InChI is InChI=1S/C5H7ClN2O/c6-5-8-4(1-2-7)3-9-5/h3H,1-2,7H2. The Bertz CT molecular complexity index is 187. The summed E-state index contributed by atoms with van der Waals surface area (Å²) in [5.74, 6) is 0. The number of hydrogen-bond donors (Lipinski definition) is 1. The van der Waals surface area contributed by atoms with Crippen LogP contribution in [-0.2, 0) is 6.42 Å². The van der Waals surface area contributed by atoms with Crippen molar-refractivity contribution in [2.45, 2.75) is 6.42 Å². The molecule has 0 saturated carbocycles. The van der Waals surface area contributed by atoms with Gasteiger partial charge in [-0.1, -0.05) is 0 Å². The summed E-state index contributed by atoms with van der Waals surface area (Å²) in [7, 11) is 0. The SMILES string of the molecule is NCCc1coc(Cl)n1. The summed E-state index contributed by atoms with van der Waals surface area (Å²) >= 11 is 5.38. The first-order chi connectivity index (χ1) is 4.33. The first kappa shape index (κ1) is 6.58. The van der Waals surface area contributed by atoms with Crippen molar-refractivity contribution in [2.75, 3.05) is 6.54 Å². The molecule has 0 amide bonds. The molecule has 0 radical (unpaired) electrons. The number of aromatic nitrogens is 1. The fourth-order valence-corrected chi connectivity index (χ4v) is 0.698. The normalized spacial score (nSPS) is 10.0. The molecule has 0 saturated heterocycles. The Labute approximate surface area is 57.8 Å². The molecule has 0 bridgehead atoms. The molecule has 1 aromatic heterocycles. The van der Waals surface area contributed by atoms with E-state index < -0.39 is 0 Å². The maximum atomic E-state index is 5.38. The Balaban J connectivity index is 2.61. The van der Waals surface area contributed by atoms with Crippen LogP contribution in [0.2, 0.25) is 5.35 Å². The lowest BCUT2D eigenvalue weighted by molar-refractivity contribution is 0.558. The predicted molar refractivity (Wildman–Crippen MR) is 34.3 cm³/mol. The molecule has 0 aliphatic rings. The summed E-state index contributed by atoms with van der Waals surface area (Å²) < 4.78 is 4.72. The highest BCUT2D eigenvalue weighted by Gasteiger charge is 1.97. The van der Waals surface area contributed by atoms with Gasteiger partial charge in [0.05, 0.1) is 5.69 Å². The summed E-state index contributed by atoms with van der Waals surface area (Å²) in [6.07, 6.45) is 2.23. The smallest absolute Gasteiger partial charge is 0.292 e. The lowest BCUT2D eigenvalue weighted by Crippen LogP contribution is -2.02. The van der Waals surface area contributed by atoms with Crippen molar-refractivity contribution in [3.05, 3.63) is 17.3 Å². The molecule has 0 aliphatic heterocycles. The average Bonchev–Trinajstić information content (AvgIpc) is 2.17. The second-order valence-corrected chi connectivity index (χ2v) is 1.95. The summed E-state index contributed by atoms with van der Waals surface area (Å²) in [5, 5.41) is 0.179. The lowest BCUT2D eigenvalue weighted by Gasteiger charge is -1.83. The van der Waals surface area contributed by atoms with E-state index in [1.807, 2.05) is 0 Å². The molecular formula is C5H7ClN2O. The molecule has 3 nitrogen and oxygen atoms in total.